The Morgan fingerprint density at radius 3 is 2.33 bits per heavy atom. The van der Waals surface area contributed by atoms with Crippen LogP contribution in [0, 0.1) is 0 Å². The van der Waals surface area contributed by atoms with Crippen LogP contribution in [0.25, 0.3) is 0 Å². The van der Waals surface area contributed by atoms with Crippen LogP contribution in [0.4, 0.5) is 11.4 Å². The lowest BCUT2D eigenvalue weighted by Crippen LogP contribution is -2.33. The highest BCUT2D eigenvalue weighted by molar-refractivity contribution is 7.85. The van der Waals surface area contributed by atoms with Crippen LogP contribution in [-0.4, -0.2) is 53.7 Å². The van der Waals surface area contributed by atoms with Crippen LogP contribution < -0.4 is 10.6 Å². The summed E-state index contributed by atoms with van der Waals surface area (Å²) < 4.78 is 35.7. The Kier molecular flexibility index (Phi) is 7.51. The van der Waals surface area contributed by atoms with Crippen LogP contribution in [-0.2, 0) is 30.5 Å². The number of unbranched alkanes of at least 4 members (excludes halogenated alkanes) is 2. The van der Waals surface area contributed by atoms with Crippen molar-refractivity contribution in [2.24, 2.45) is 5.73 Å². The molecule has 2 aromatic rings. The predicted molar refractivity (Wildman–Crippen MR) is 165 cm³/mol. The average molecular weight is 605 g/mol. The van der Waals surface area contributed by atoms with Crippen molar-refractivity contribution in [2.45, 2.75) is 69.1 Å². The lowest BCUT2D eigenvalue weighted by Gasteiger charge is -2.30. The van der Waals surface area contributed by atoms with Gasteiger partial charge >= 0.3 is 5.97 Å². The maximum atomic E-state index is 13.6. The number of allylic oxidation sites excluding steroid dienone is 5. The SMILES string of the molecule is C[N+]1=C(C=C2C(=O)C(C=C3N(CCCCCC(=O)O)c4ccc(S(=O)(=O)O)cc4C3(C)C)=C2N)C(C)(C)c2ccccc21. The van der Waals surface area contributed by atoms with Gasteiger partial charge in [0.1, 0.15) is 7.05 Å². The van der Waals surface area contributed by atoms with Crippen molar-refractivity contribution in [3.05, 3.63) is 88.3 Å². The summed E-state index contributed by atoms with van der Waals surface area (Å²) in [6, 6.07) is 12.7. The zero-order valence-corrected chi connectivity index (χ0v) is 26.0. The summed E-state index contributed by atoms with van der Waals surface area (Å²) in [6.45, 7) is 8.67. The first-order chi connectivity index (χ1) is 20.1. The van der Waals surface area contributed by atoms with E-state index in [2.05, 4.69) is 30.6 Å². The number of rotatable bonds is 9. The number of fused-ring (bicyclic) bond motifs is 2. The minimum absolute atomic E-state index is 0.0889. The van der Waals surface area contributed by atoms with Crippen molar-refractivity contribution >= 4 is 39.0 Å². The summed E-state index contributed by atoms with van der Waals surface area (Å²) in [5.41, 5.74) is 12.3. The number of para-hydroxylation sites is 1. The minimum Gasteiger partial charge on any atom is -0.481 e. The predicted octanol–water partition coefficient (Wildman–Crippen LogP) is 4.99. The van der Waals surface area contributed by atoms with Crippen molar-refractivity contribution < 1.29 is 32.2 Å². The first kappa shape index (κ1) is 30.4. The largest absolute Gasteiger partial charge is 0.481 e. The highest BCUT2D eigenvalue weighted by atomic mass is 32.2. The van der Waals surface area contributed by atoms with Gasteiger partial charge in [0, 0.05) is 53.0 Å². The summed E-state index contributed by atoms with van der Waals surface area (Å²) in [5.74, 6) is -1.00. The minimum atomic E-state index is -4.42. The third-order valence-corrected chi connectivity index (χ3v) is 9.86. The van der Waals surface area contributed by atoms with Gasteiger partial charge in [0.05, 0.1) is 21.6 Å². The quantitative estimate of drug-likeness (QED) is 0.157. The van der Waals surface area contributed by atoms with E-state index in [1.165, 1.54) is 17.7 Å². The summed E-state index contributed by atoms with van der Waals surface area (Å²) in [7, 11) is -2.43. The number of hydrogen-bond acceptors (Lipinski definition) is 6. The molecule has 0 bridgehead atoms. The van der Waals surface area contributed by atoms with Crippen molar-refractivity contribution in [1.29, 1.82) is 0 Å². The molecule has 9 nitrogen and oxygen atoms in total. The Bertz CT molecular complexity index is 1790. The highest BCUT2D eigenvalue weighted by Gasteiger charge is 2.46. The molecule has 10 heteroatoms. The molecule has 3 aliphatic rings. The molecule has 2 aromatic carbocycles. The zero-order chi connectivity index (χ0) is 31.5. The molecule has 226 valence electrons. The normalized spacial score (nSPS) is 20.6. The number of carboxylic acids is 1. The van der Waals surface area contributed by atoms with E-state index in [-0.39, 0.29) is 22.5 Å². The maximum absolute atomic E-state index is 13.6. The fourth-order valence-corrected chi connectivity index (χ4v) is 7.04. The molecular weight excluding hydrogens is 566 g/mol. The third kappa shape index (κ3) is 5.12. The van der Waals surface area contributed by atoms with E-state index in [1.54, 1.807) is 12.1 Å². The molecule has 0 saturated heterocycles. The number of anilines is 1. The van der Waals surface area contributed by atoms with Crippen LogP contribution >= 0.6 is 0 Å². The molecule has 43 heavy (non-hydrogen) atoms. The Labute approximate surface area is 252 Å². The third-order valence-electron chi connectivity index (χ3n) is 9.01. The van der Waals surface area contributed by atoms with Gasteiger partial charge in [0.25, 0.3) is 10.1 Å². The number of aliphatic carboxylic acids is 1. The van der Waals surface area contributed by atoms with E-state index < -0.39 is 21.5 Å². The van der Waals surface area contributed by atoms with Crippen LogP contribution in [0.3, 0.4) is 0 Å². The van der Waals surface area contributed by atoms with E-state index in [0.29, 0.717) is 48.2 Å². The Hall–Kier alpha value is -4.02. The molecule has 0 spiro atoms. The van der Waals surface area contributed by atoms with Gasteiger partial charge in [-0.05, 0) is 56.5 Å². The van der Waals surface area contributed by atoms with Gasteiger partial charge in [-0.15, -0.1) is 0 Å². The molecule has 0 fully saturated rings. The van der Waals surface area contributed by atoms with Crippen LogP contribution in [0.1, 0.15) is 64.5 Å². The van der Waals surface area contributed by atoms with Gasteiger partial charge in [0.2, 0.25) is 5.69 Å². The van der Waals surface area contributed by atoms with Crippen LogP contribution in [0.15, 0.2) is 82.1 Å². The number of carbonyl (C=O) groups is 2. The molecule has 2 aliphatic heterocycles. The molecule has 0 atom stereocenters. The van der Waals surface area contributed by atoms with Crippen molar-refractivity contribution in [3.8, 4) is 0 Å². The van der Waals surface area contributed by atoms with E-state index in [9.17, 15) is 22.6 Å². The molecule has 2 heterocycles. The number of hydrogen-bond donors (Lipinski definition) is 3. The van der Waals surface area contributed by atoms with Gasteiger partial charge in [0.15, 0.2) is 11.5 Å². The number of benzene rings is 2. The Morgan fingerprint density at radius 1 is 1.00 bits per heavy atom. The van der Waals surface area contributed by atoms with Gasteiger partial charge in [-0.3, -0.25) is 14.1 Å². The molecule has 0 amide bonds. The van der Waals surface area contributed by atoms with Crippen LogP contribution in [0.2, 0.25) is 0 Å². The maximum Gasteiger partial charge on any atom is 0.303 e. The lowest BCUT2D eigenvalue weighted by molar-refractivity contribution is -0.401. The molecule has 0 saturated carbocycles. The van der Waals surface area contributed by atoms with Crippen LogP contribution in [0.5, 0.6) is 0 Å². The second-order valence-electron chi connectivity index (χ2n) is 12.5. The van der Waals surface area contributed by atoms with E-state index in [1.807, 2.05) is 44.0 Å². The van der Waals surface area contributed by atoms with E-state index in [0.717, 1.165) is 22.8 Å². The average Bonchev–Trinajstić information content (AvgIpc) is 3.27. The number of Topliss-reactive ketones (excluding diaryl/α,β-unsaturated/α-hetero) is 1. The molecule has 4 N–H and O–H groups in total. The number of carboxylic acid groups (broad SMARTS) is 1. The van der Waals surface area contributed by atoms with Gasteiger partial charge < -0.3 is 15.7 Å². The van der Waals surface area contributed by atoms with E-state index in [4.69, 9.17) is 10.8 Å². The Morgan fingerprint density at radius 2 is 1.70 bits per heavy atom. The topological polar surface area (TPSA) is 141 Å². The number of ketones is 1. The number of carbonyl (C=O) groups excluding carboxylic acids is 1. The summed E-state index contributed by atoms with van der Waals surface area (Å²) in [5, 5.41) is 8.99. The fraction of sp³-hybridized carbons (Fsp3) is 0.364. The number of nitrogens with two attached hydrogens (primary N) is 1. The van der Waals surface area contributed by atoms with Crippen molar-refractivity contribution in [2.75, 3.05) is 18.5 Å². The summed E-state index contributed by atoms with van der Waals surface area (Å²) in [4.78, 5) is 26.4. The van der Waals surface area contributed by atoms with Crippen molar-refractivity contribution in [3.63, 3.8) is 0 Å². The molecule has 5 rings (SSSR count). The second kappa shape index (κ2) is 10.6. The molecule has 0 radical (unpaired) electrons. The monoisotopic (exact) mass is 604 g/mol. The first-order valence-corrected chi connectivity index (χ1v) is 15.8. The molecule has 0 aromatic heterocycles. The smallest absolute Gasteiger partial charge is 0.303 e. The Balaban J connectivity index is 1.53. The fourth-order valence-electron chi connectivity index (χ4n) is 6.53. The van der Waals surface area contributed by atoms with Gasteiger partial charge in [-0.25, -0.2) is 0 Å². The molecule has 1 aliphatic carbocycles. The second-order valence-corrected chi connectivity index (χ2v) is 13.9. The van der Waals surface area contributed by atoms with Gasteiger partial charge in [-0.1, -0.05) is 38.5 Å². The lowest BCUT2D eigenvalue weighted by atomic mass is 9.77. The standard InChI is InChI=1S/C33H37N3O6S/c1-32(2)23-11-8-9-12-25(23)35(5)27(32)18-21-30(34)22(31(21)39)19-28-33(3,4)24-17-20(43(40,41)42)14-15-26(24)36(28)16-10-6-7-13-29(37)38/h8-9,11-12,14-15,17-19H,6-7,10,13,16H2,1-5H3,(H3-,34,37,38,39,40,41,42)/p+1. The first-order valence-electron chi connectivity index (χ1n) is 14.4. The summed E-state index contributed by atoms with van der Waals surface area (Å²) in [6.07, 6.45) is 5.68. The summed E-state index contributed by atoms with van der Waals surface area (Å²) >= 11 is 0. The van der Waals surface area contributed by atoms with E-state index >= 15 is 0 Å². The number of nitrogens with zero attached hydrogens (tertiary/aromatic N) is 2. The van der Waals surface area contributed by atoms with Gasteiger partial charge in [-0.2, -0.15) is 13.0 Å². The van der Waals surface area contributed by atoms with Crippen molar-refractivity contribution in [1.82, 2.24) is 0 Å². The highest BCUT2D eigenvalue weighted by Crippen LogP contribution is 2.50. The molecule has 0 unspecified atom stereocenters. The molecular formula is C33H38N3O6S+. The zero-order valence-electron chi connectivity index (χ0n) is 25.1.